The maximum atomic E-state index is 11.2. The molecule has 0 aromatic carbocycles. The zero-order valence-corrected chi connectivity index (χ0v) is 8.45. The van der Waals surface area contributed by atoms with Gasteiger partial charge in [0.1, 0.15) is 0 Å². The Hall–Kier alpha value is -1.11. The normalized spacial score (nSPS) is 13.5. The molecule has 0 aromatic rings. The second kappa shape index (κ2) is 4.94. The Labute approximate surface area is 81.5 Å². The Bertz CT molecular complexity index is 317. The second-order valence-corrected chi connectivity index (χ2v) is 5.29. The van der Waals surface area contributed by atoms with Gasteiger partial charge in [-0.05, 0) is 13.3 Å². The molecule has 0 saturated carbocycles. The molecule has 0 rings (SSSR count). The third kappa shape index (κ3) is 4.22. The van der Waals surface area contributed by atoms with Crippen molar-refractivity contribution in [2.24, 2.45) is 0 Å². The van der Waals surface area contributed by atoms with Crippen molar-refractivity contribution in [3.8, 4) is 0 Å². The summed E-state index contributed by atoms with van der Waals surface area (Å²) in [5.74, 6) is -2.92. The van der Waals surface area contributed by atoms with E-state index in [2.05, 4.69) is 0 Å². The van der Waals surface area contributed by atoms with Crippen molar-refractivity contribution in [2.45, 2.75) is 25.0 Å². The van der Waals surface area contributed by atoms with E-state index < -0.39 is 32.8 Å². The van der Waals surface area contributed by atoms with Crippen molar-refractivity contribution in [1.29, 1.82) is 0 Å². The number of aliphatic carboxylic acids is 2. The van der Waals surface area contributed by atoms with E-state index in [1.54, 1.807) is 0 Å². The van der Waals surface area contributed by atoms with Crippen LogP contribution in [-0.2, 0) is 19.4 Å². The highest BCUT2D eigenvalue weighted by molar-refractivity contribution is 7.92. The van der Waals surface area contributed by atoms with Crippen LogP contribution in [0.5, 0.6) is 0 Å². The van der Waals surface area contributed by atoms with E-state index in [0.29, 0.717) is 0 Å². The first-order valence-electron chi connectivity index (χ1n) is 3.93. The number of carboxylic acids is 2. The van der Waals surface area contributed by atoms with Crippen LogP contribution >= 0.6 is 0 Å². The lowest BCUT2D eigenvalue weighted by Crippen LogP contribution is -2.29. The van der Waals surface area contributed by atoms with Gasteiger partial charge in [-0.15, -0.1) is 0 Å². The monoisotopic (exact) mass is 224 g/mol. The molecule has 0 fully saturated rings. The predicted molar refractivity (Wildman–Crippen MR) is 47.8 cm³/mol. The maximum Gasteiger partial charge on any atom is 0.321 e. The summed E-state index contributed by atoms with van der Waals surface area (Å²) < 4.78 is 22.4. The third-order valence-corrected chi connectivity index (χ3v) is 3.84. The van der Waals surface area contributed by atoms with Gasteiger partial charge in [0.25, 0.3) is 0 Å². The molecule has 7 heteroatoms. The highest BCUT2D eigenvalue weighted by Gasteiger charge is 2.26. The van der Waals surface area contributed by atoms with Crippen molar-refractivity contribution >= 4 is 21.8 Å². The summed E-state index contributed by atoms with van der Waals surface area (Å²) in [5, 5.41) is 15.2. The van der Waals surface area contributed by atoms with E-state index in [9.17, 15) is 18.0 Å². The Morgan fingerprint density at radius 3 is 2.14 bits per heavy atom. The van der Waals surface area contributed by atoms with Crippen LogP contribution in [0.3, 0.4) is 0 Å². The van der Waals surface area contributed by atoms with E-state index in [-0.39, 0.29) is 12.8 Å². The molecule has 1 unspecified atom stereocenters. The van der Waals surface area contributed by atoms with Crippen molar-refractivity contribution < 1.29 is 28.2 Å². The summed E-state index contributed by atoms with van der Waals surface area (Å²) in [6.07, 6.45) is -0.332. The molecule has 1 atom stereocenters. The molecule has 0 aliphatic heterocycles. The highest BCUT2D eigenvalue weighted by Crippen LogP contribution is 2.05. The molecule has 0 aliphatic rings. The van der Waals surface area contributed by atoms with Gasteiger partial charge in [0.2, 0.25) is 0 Å². The van der Waals surface area contributed by atoms with Crippen molar-refractivity contribution in [3.05, 3.63) is 0 Å². The molecule has 0 saturated heterocycles. The molecule has 82 valence electrons. The number of carboxylic acid groups (broad SMARTS) is 2. The van der Waals surface area contributed by atoms with Crippen LogP contribution in [0.15, 0.2) is 0 Å². The molecular formula is C7H12O6S. The topological polar surface area (TPSA) is 109 Å². The van der Waals surface area contributed by atoms with Gasteiger partial charge in [-0.1, -0.05) is 0 Å². The van der Waals surface area contributed by atoms with Gasteiger partial charge < -0.3 is 10.2 Å². The van der Waals surface area contributed by atoms with Gasteiger partial charge >= 0.3 is 11.9 Å². The van der Waals surface area contributed by atoms with Crippen molar-refractivity contribution in [1.82, 2.24) is 0 Å². The molecule has 14 heavy (non-hydrogen) atoms. The van der Waals surface area contributed by atoms with Crippen LogP contribution in [0.25, 0.3) is 0 Å². The smallest absolute Gasteiger partial charge is 0.321 e. The lowest BCUT2D eigenvalue weighted by atomic mass is 10.3. The summed E-state index contributed by atoms with van der Waals surface area (Å²) in [7, 11) is -3.72. The van der Waals surface area contributed by atoms with E-state index in [1.807, 2.05) is 0 Å². The minimum absolute atomic E-state index is 0.0602. The fraction of sp³-hybridized carbons (Fsp3) is 0.714. The lowest BCUT2D eigenvalue weighted by molar-refractivity contribution is -0.137. The first-order valence-corrected chi connectivity index (χ1v) is 5.65. The maximum absolute atomic E-state index is 11.2. The summed E-state index contributed by atoms with van der Waals surface area (Å²) in [6.45, 7) is 1.07. The Morgan fingerprint density at radius 2 is 1.79 bits per heavy atom. The molecule has 0 aromatic heterocycles. The first kappa shape index (κ1) is 12.9. The third-order valence-electron chi connectivity index (χ3n) is 1.71. The van der Waals surface area contributed by atoms with Gasteiger partial charge in [-0.25, -0.2) is 8.42 Å². The minimum Gasteiger partial charge on any atom is -0.481 e. The van der Waals surface area contributed by atoms with Gasteiger partial charge in [0.05, 0.1) is 5.75 Å². The van der Waals surface area contributed by atoms with Gasteiger partial charge in [0, 0.05) is 6.42 Å². The van der Waals surface area contributed by atoms with E-state index >= 15 is 0 Å². The molecule has 0 heterocycles. The molecule has 0 bridgehead atoms. The fourth-order valence-electron chi connectivity index (χ4n) is 0.755. The zero-order valence-electron chi connectivity index (χ0n) is 7.63. The molecule has 6 nitrogen and oxygen atoms in total. The van der Waals surface area contributed by atoms with Gasteiger partial charge in [-0.3, -0.25) is 9.59 Å². The quantitative estimate of drug-likeness (QED) is 0.643. The Kier molecular flexibility index (Phi) is 4.55. The first-order chi connectivity index (χ1) is 6.27. The average molecular weight is 224 g/mol. The van der Waals surface area contributed by atoms with Crippen LogP contribution in [0.2, 0.25) is 0 Å². The standard InChI is InChI=1S/C7H12O6S/c1-5(7(10)11)14(12,13)4-2-3-6(8)9/h5H,2-4H2,1H3,(H,8,9)(H,10,11). The van der Waals surface area contributed by atoms with Crippen molar-refractivity contribution in [2.75, 3.05) is 5.75 Å². The highest BCUT2D eigenvalue weighted by atomic mass is 32.2. The molecule has 0 aliphatic carbocycles. The summed E-state index contributed by atoms with van der Waals surface area (Å²) in [5.41, 5.74) is 0. The van der Waals surface area contributed by atoms with E-state index in [0.717, 1.165) is 6.92 Å². The van der Waals surface area contributed by atoms with E-state index in [1.165, 1.54) is 0 Å². The van der Waals surface area contributed by atoms with Crippen LogP contribution in [0.1, 0.15) is 19.8 Å². The summed E-state index contributed by atoms with van der Waals surface area (Å²) in [6, 6.07) is 0. The average Bonchev–Trinajstić information content (AvgIpc) is 2.01. The molecule has 0 radical (unpaired) electrons. The Balaban J connectivity index is 4.22. The largest absolute Gasteiger partial charge is 0.481 e. The minimum atomic E-state index is -3.72. The number of sulfone groups is 1. The van der Waals surface area contributed by atoms with Gasteiger partial charge in [0.15, 0.2) is 15.1 Å². The molecule has 0 amide bonds. The molecule has 2 N–H and O–H groups in total. The number of hydrogen-bond donors (Lipinski definition) is 2. The fourth-order valence-corrected chi connectivity index (χ4v) is 1.96. The van der Waals surface area contributed by atoms with Crippen LogP contribution in [-0.4, -0.2) is 41.6 Å². The second-order valence-electron chi connectivity index (χ2n) is 2.84. The zero-order chi connectivity index (χ0) is 11.4. The summed E-state index contributed by atoms with van der Waals surface area (Å²) in [4.78, 5) is 20.4. The Morgan fingerprint density at radius 1 is 1.29 bits per heavy atom. The predicted octanol–water partition coefficient (Wildman–Crippen LogP) is -0.261. The molecular weight excluding hydrogens is 212 g/mol. The molecule has 0 spiro atoms. The SMILES string of the molecule is CC(C(=O)O)S(=O)(=O)CCCC(=O)O. The number of carbonyl (C=O) groups is 2. The van der Waals surface area contributed by atoms with Crippen LogP contribution < -0.4 is 0 Å². The van der Waals surface area contributed by atoms with Gasteiger partial charge in [-0.2, -0.15) is 0 Å². The summed E-state index contributed by atoms with van der Waals surface area (Å²) >= 11 is 0. The van der Waals surface area contributed by atoms with E-state index in [4.69, 9.17) is 10.2 Å². The lowest BCUT2D eigenvalue weighted by Gasteiger charge is -2.06. The number of rotatable bonds is 6. The van der Waals surface area contributed by atoms with Crippen LogP contribution in [0, 0.1) is 0 Å². The van der Waals surface area contributed by atoms with Crippen LogP contribution in [0.4, 0.5) is 0 Å². The number of hydrogen-bond acceptors (Lipinski definition) is 4. The van der Waals surface area contributed by atoms with Crippen molar-refractivity contribution in [3.63, 3.8) is 0 Å².